The summed E-state index contributed by atoms with van der Waals surface area (Å²) in [7, 11) is 0. The number of carbonyl (C=O) groups is 2. The van der Waals surface area contributed by atoms with Crippen LogP contribution >= 0.6 is 0 Å². The zero-order valence-corrected chi connectivity index (χ0v) is 17.3. The van der Waals surface area contributed by atoms with Crippen molar-refractivity contribution in [1.29, 1.82) is 0 Å². The normalized spacial score (nSPS) is 13.8. The molecule has 7 heteroatoms. The van der Waals surface area contributed by atoms with Crippen LogP contribution in [0.15, 0.2) is 48.5 Å². The van der Waals surface area contributed by atoms with Crippen molar-refractivity contribution in [3.63, 3.8) is 0 Å². The SMILES string of the molecule is Cc1ccc(OCCC(=O)N2CCN(C(=O)CCOc3ccc(O)cc3)CC2)cc1. The van der Waals surface area contributed by atoms with Crippen LogP contribution in [0.2, 0.25) is 0 Å². The highest BCUT2D eigenvalue weighted by molar-refractivity contribution is 5.78. The molecule has 0 spiro atoms. The van der Waals surface area contributed by atoms with Crippen molar-refractivity contribution in [1.82, 2.24) is 9.80 Å². The fourth-order valence-electron chi connectivity index (χ4n) is 3.21. The summed E-state index contributed by atoms with van der Waals surface area (Å²) in [6, 6.07) is 14.1. The fraction of sp³-hybridized carbons (Fsp3) is 0.391. The lowest BCUT2D eigenvalue weighted by molar-refractivity contribution is -0.140. The Morgan fingerprint density at radius 2 is 1.17 bits per heavy atom. The molecule has 2 aromatic carbocycles. The van der Waals surface area contributed by atoms with Crippen LogP contribution in [0.4, 0.5) is 0 Å². The molecule has 1 heterocycles. The lowest BCUT2D eigenvalue weighted by Crippen LogP contribution is -2.51. The number of aryl methyl sites for hydroxylation is 1. The molecular formula is C23H28N2O5. The van der Waals surface area contributed by atoms with E-state index in [1.54, 1.807) is 34.1 Å². The molecule has 2 aromatic rings. The summed E-state index contributed by atoms with van der Waals surface area (Å²) in [5.74, 6) is 1.61. The molecule has 0 saturated carbocycles. The molecule has 0 atom stereocenters. The van der Waals surface area contributed by atoms with Crippen LogP contribution in [0.1, 0.15) is 18.4 Å². The van der Waals surface area contributed by atoms with Crippen LogP contribution in [-0.2, 0) is 9.59 Å². The van der Waals surface area contributed by atoms with Gasteiger partial charge in [-0.3, -0.25) is 9.59 Å². The van der Waals surface area contributed by atoms with Crippen LogP contribution in [0.25, 0.3) is 0 Å². The first-order chi connectivity index (χ1) is 14.5. The fourth-order valence-corrected chi connectivity index (χ4v) is 3.21. The Labute approximate surface area is 176 Å². The van der Waals surface area contributed by atoms with Crippen LogP contribution in [0.5, 0.6) is 17.2 Å². The van der Waals surface area contributed by atoms with Crippen molar-refractivity contribution in [2.24, 2.45) is 0 Å². The largest absolute Gasteiger partial charge is 0.508 e. The van der Waals surface area contributed by atoms with E-state index in [0.29, 0.717) is 45.0 Å². The van der Waals surface area contributed by atoms with Crippen molar-refractivity contribution >= 4 is 11.8 Å². The maximum Gasteiger partial charge on any atom is 0.226 e. The first kappa shape index (κ1) is 21.5. The predicted molar refractivity (Wildman–Crippen MR) is 113 cm³/mol. The second-order valence-electron chi connectivity index (χ2n) is 7.27. The van der Waals surface area contributed by atoms with E-state index in [1.165, 1.54) is 0 Å². The van der Waals surface area contributed by atoms with Gasteiger partial charge in [0.25, 0.3) is 0 Å². The number of phenolic OH excluding ortho intramolecular Hbond substituents is 1. The Morgan fingerprint density at radius 1 is 0.767 bits per heavy atom. The van der Waals surface area contributed by atoms with Gasteiger partial charge in [0.1, 0.15) is 17.2 Å². The number of piperazine rings is 1. The van der Waals surface area contributed by atoms with Gasteiger partial charge < -0.3 is 24.4 Å². The quantitative estimate of drug-likeness (QED) is 0.721. The summed E-state index contributed by atoms with van der Waals surface area (Å²) in [6.45, 7) is 4.77. The van der Waals surface area contributed by atoms with Crippen LogP contribution in [0.3, 0.4) is 0 Å². The van der Waals surface area contributed by atoms with E-state index in [1.807, 2.05) is 31.2 Å². The molecular weight excluding hydrogens is 384 g/mol. The van der Waals surface area contributed by atoms with E-state index in [0.717, 1.165) is 11.3 Å². The first-order valence-corrected chi connectivity index (χ1v) is 10.2. The number of phenols is 1. The first-order valence-electron chi connectivity index (χ1n) is 10.2. The smallest absolute Gasteiger partial charge is 0.226 e. The number of hydrogen-bond donors (Lipinski definition) is 1. The highest BCUT2D eigenvalue weighted by atomic mass is 16.5. The average molecular weight is 412 g/mol. The summed E-state index contributed by atoms with van der Waals surface area (Å²) in [4.78, 5) is 28.3. The van der Waals surface area contributed by atoms with Crippen molar-refractivity contribution in [3.05, 3.63) is 54.1 Å². The third-order valence-corrected chi connectivity index (χ3v) is 5.01. The maximum atomic E-state index is 12.4. The van der Waals surface area contributed by atoms with Gasteiger partial charge in [-0.25, -0.2) is 0 Å². The summed E-state index contributed by atoms with van der Waals surface area (Å²) in [5, 5.41) is 9.26. The number of ether oxygens (including phenoxy) is 2. The topological polar surface area (TPSA) is 79.3 Å². The van der Waals surface area contributed by atoms with E-state index in [9.17, 15) is 14.7 Å². The standard InChI is InChI=1S/C23H28N2O5/c1-18-2-6-20(7-3-18)29-16-10-22(27)24-12-14-25(15-13-24)23(28)11-17-30-21-8-4-19(26)5-9-21/h2-9,26H,10-17H2,1H3. The average Bonchev–Trinajstić information content (AvgIpc) is 2.76. The number of aromatic hydroxyl groups is 1. The molecule has 7 nitrogen and oxygen atoms in total. The van der Waals surface area contributed by atoms with Crippen molar-refractivity contribution < 1.29 is 24.2 Å². The molecule has 1 aliphatic heterocycles. The summed E-state index contributed by atoms with van der Waals surface area (Å²) in [6.07, 6.45) is 0.599. The van der Waals surface area contributed by atoms with E-state index in [2.05, 4.69) is 0 Å². The van der Waals surface area contributed by atoms with E-state index >= 15 is 0 Å². The zero-order valence-electron chi connectivity index (χ0n) is 17.3. The van der Waals surface area contributed by atoms with Crippen molar-refractivity contribution in [2.75, 3.05) is 39.4 Å². The molecule has 0 radical (unpaired) electrons. The lowest BCUT2D eigenvalue weighted by Gasteiger charge is -2.34. The van der Waals surface area contributed by atoms with Crippen LogP contribution in [0, 0.1) is 6.92 Å². The Balaban J connectivity index is 1.32. The minimum absolute atomic E-state index is 0.0172. The van der Waals surface area contributed by atoms with Gasteiger partial charge >= 0.3 is 0 Å². The third-order valence-electron chi connectivity index (χ3n) is 5.01. The molecule has 160 valence electrons. The van der Waals surface area contributed by atoms with Gasteiger partial charge in [0, 0.05) is 26.2 Å². The Kier molecular flexibility index (Phi) is 7.54. The number of amides is 2. The highest BCUT2D eigenvalue weighted by Gasteiger charge is 2.23. The van der Waals surface area contributed by atoms with Gasteiger partial charge in [-0.2, -0.15) is 0 Å². The molecule has 1 fully saturated rings. The maximum absolute atomic E-state index is 12.4. The van der Waals surface area contributed by atoms with Gasteiger partial charge in [-0.15, -0.1) is 0 Å². The van der Waals surface area contributed by atoms with Crippen LogP contribution in [-0.4, -0.2) is 66.1 Å². The molecule has 0 aromatic heterocycles. The van der Waals surface area contributed by atoms with E-state index in [-0.39, 0.29) is 30.6 Å². The van der Waals surface area contributed by atoms with Crippen molar-refractivity contribution in [3.8, 4) is 17.2 Å². The van der Waals surface area contributed by atoms with Gasteiger partial charge in [0.15, 0.2) is 0 Å². The summed E-state index contributed by atoms with van der Waals surface area (Å²) in [5.41, 5.74) is 1.16. The Hall–Kier alpha value is -3.22. The molecule has 1 N–H and O–H groups in total. The second-order valence-corrected chi connectivity index (χ2v) is 7.27. The predicted octanol–water partition coefficient (Wildman–Crippen LogP) is 2.61. The monoisotopic (exact) mass is 412 g/mol. The third kappa shape index (κ3) is 6.40. The van der Waals surface area contributed by atoms with Gasteiger partial charge in [-0.1, -0.05) is 17.7 Å². The molecule has 0 unspecified atom stereocenters. The molecule has 2 amide bonds. The van der Waals surface area contributed by atoms with Crippen molar-refractivity contribution in [2.45, 2.75) is 19.8 Å². The second kappa shape index (κ2) is 10.5. The lowest BCUT2D eigenvalue weighted by atomic mass is 10.2. The molecule has 0 aliphatic carbocycles. The highest BCUT2D eigenvalue weighted by Crippen LogP contribution is 2.16. The van der Waals surface area contributed by atoms with Gasteiger partial charge in [-0.05, 0) is 43.3 Å². The van der Waals surface area contributed by atoms with Crippen LogP contribution < -0.4 is 9.47 Å². The number of rotatable bonds is 8. The zero-order chi connectivity index (χ0) is 21.3. The molecule has 0 bridgehead atoms. The molecule has 3 rings (SSSR count). The summed E-state index contributed by atoms with van der Waals surface area (Å²) < 4.78 is 11.2. The number of benzene rings is 2. The number of carbonyl (C=O) groups excluding carboxylic acids is 2. The Bertz CT molecular complexity index is 756. The molecule has 1 saturated heterocycles. The van der Waals surface area contributed by atoms with Gasteiger partial charge in [0.05, 0.1) is 26.1 Å². The molecule has 1 aliphatic rings. The number of hydrogen-bond acceptors (Lipinski definition) is 5. The van der Waals surface area contributed by atoms with Gasteiger partial charge in [0.2, 0.25) is 11.8 Å². The molecule has 30 heavy (non-hydrogen) atoms. The Morgan fingerprint density at radius 3 is 1.60 bits per heavy atom. The van der Waals surface area contributed by atoms with E-state index in [4.69, 9.17) is 9.47 Å². The minimum Gasteiger partial charge on any atom is -0.508 e. The van der Waals surface area contributed by atoms with E-state index < -0.39 is 0 Å². The number of nitrogens with zero attached hydrogens (tertiary/aromatic N) is 2. The minimum atomic E-state index is 0.0172. The summed E-state index contributed by atoms with van der Waals surface area (Å²) >= 11 is 0.